The Morgan fingerprint density at radius 1 is 1.20 bits per heavy atom. The second kappa shape index (κ2) is 6.07. The van der Waals surface area contributed by atoms with Gasteiger partial charge >= 0.3 is 0 Å². The van der Waals surface area contributed by atoms with Crippen molar-refractivity contribution in [2.75, 3.05) is 13.6 Å². The molecular formula is C16H24N2O2. The third-order valence-electron chi connectivity index (χ3n) is 2.87. The van der Waals surface area contributed by atoms with Crippen molar-refractivity contribution in [1.29, 1.82) is 0 Å². The number of aryl methyl sites for hydroxylation is 2. The molecule has 0 radical (unpaired) electrons. The number of hydrogen-bond acceptors (Lipinski definition) is 2. The number of rotatable bonds is 3. The van der Waals surface area contributed by atoms with Crippen LogP contribution in [0.2, 0.25) is 0 Å². The fourth-order valence-corrected chi connectivity index (χ4v) is 1.92. The van der Waals surface area contributed by atoms with Crippen LogP contribution in [0.3, 0.4) is 0 Å². The maximum absolute atomic E-state index is 12.4. The monoisotopic (exact) mass is 276 g/mol. The zero-order chi connectivity index (χ0) is 15.5. The lowest BCUT2D eigenvalue weighted by atomic mass is 10.0. The predicted molar refractivity (Wildman–Crippen MR) is 80.8 cm³/mol. The Morgan fingerprint density at radius 2 is 1.80 bits per heavy atom. The summed E-state index contributed by atoms with van der Waals surface area (Å²) >= 11 is 0. The number of carbonyl (C=O) groups excluding carboxylic acids is 2. The van der Waals surface area contributed by atoms with E-state index in [9.17, 15) is 9.59 Å². The van der Waals surface area contributed by atoms with E-state index in [1.54, 1.807) is 7.05 Å². The molecule has 0 aliphatic heterocycles. The fraction of sp³-hybridized carbons (Fsp3) is 0.500. The highest BCUT2D eigenvalue weighted by Crippen LogP contribution is 2.12. The second-order valence-electron chi connectivity index (χ2n) is 6.28. The van der Waals surface area contributed by atoms with Crippen LogP contribution >= 0.6 is 0 Å². The molecule has 0 heterocycles. The van der Waals surface area contributed by atoms with Gasteiger partial charge in [-0.1, -0.05) is 17.7 Å². The number of carbonyl (C=O) groups is 2. The van der Waals surface area contributed by atoms with Gasteiger partial charge < -0.3 is 10.2 Å². The molecule has 1 rings (SSSR count). The van der Waals surface area contributed by atoms with Gasteiger partial charge in [0, 0.05) is 18.2 Å². The molecule has 0 saturated carbocycles. The molecule has 0 aliphatic carbocycles. The molecule has 1 N–H and O–H groups in total. The molecule has 0 fully saturated rings. The van der Waals surface area contributed by atoms with Gasteiger partial charge in [0.25, 0.3) is 5.91 Å². The standard InChI is InChI=1S/C16H24N2O2/c1-11-7-8-12(2)13(9-11)15(20)18(6)10-14(19)17-16(3,4)5/h7-9H,10H2,1-6H3,(H,17,19). The van der Waals surface area contributed by atoms with Crippen LogP contribution in [-0.2, 0) is 4.79 Å². The first kappa shape index (κ1) is 16.2. The van der Waals surface area contributed by atoms with E-state index < -0.39 is 0 Å². The van der Waals surface area contributed by atoms with E-state index in [0.717, 1.165) is 11.1 Å². The number of nitrogens with one attached hydrogen (secondary N) is 1. The zero-order valence-electron chi connectivity index (χ0n) is 13.2. The summed E-state index contributed by atoms with van der Waals surface area (Å²) in [5.74, 6) is -0.283. The first-order valence-corrected chi connectivity index (χ1v) is 6.74. The molecule has 110 valence electrons. The predicted octanol–water partition coefficient (Wildman–Crippen LogP) is 2.29. The molecule has 0 saturated heterocycles. The van der Waals surface area contributed by atoms with E-state index in [1.807, 2.05) is 52.8 Å². The molecule has 0 atom stereocenters. The van der Waals surface area contributed by atoms with Crippen LogP contribution in [0.15, 0.2) is 18.2 Å². The Bertz CT molecular complexity index is 516. The molecule has 4 nitrogen and oxygen atoms in total. The smallest absolute Gasteiger partial charge is 0.254 e. The van der Waals surface area contributed by atoms with Crippen LogP contribution in [0.5, 0.6) is 0 Å². The van der Waals surface area contributed by atoms with Crippen molar-refractivity contribution in [3.8, 4) is 0 Å². The maximum Gasteiger partial charge on any atom is 0.254 e. The van der Waals surface area contributed by atoms with Gasteiger partial charge in [-0.25, -0.2) is 0 Å². The average Bonchev–Trinajstić information content (AvgIpc) is 2.28. The highest BCUT2D eigenvalue weighted by molar-refractivity contribution is 5.97. The van der Waals surface area contributed by atoms with Crippen LogP contribution in [-0.4, -0.2) is 35.8 Å². The molecule has 0 aliphatic rings. The minimum absolute atomic E-state index is 0.0590. The highest BCUT2D eigenvalue weighted by Gasteiger charge is 2.19. The lowest BCUT2D eigenvalue weighted by Gasteiger charge is -2.23. The summed E-state index contributed by atoms with van der Waals surface area (Å²) in [5, 5.41) is 2.85. The Balaban J connectivity index is 2.77. The molecule has 0 unspecified atom stereocenters. The van der Waals surface area contributed by atoms with Crippen molar-refractivity contribution >= 4 is 11.8 Å². The summed E-state index contributed by atoms with van der Waals surface area (Å²) in [6.45, 7) is 9.65. The van der Waals surface area contributed by atoms with Gasteiger partial charge in [-0.05, 0) is 46.2 Å². The van der Waals surface area contributed by atoms with Gasteiger partial charge in [-0.2, -0.15) is 0 Å². The van der Waals surface area contributed by atoms with Gasteiger partial charge in [0.1, 0.15) is 0 Å². The Hall–Kier alpha value is -1.84. The normalized spacial score (nSPS) is 11.1. The Kier molecular flexibility index (Phi) is 4.93. The topological polar surface area (TPSA) is 49.4 Å². The third kappa shape index (κ3) is 4.68. The lowest BCUT2D eigenvalue weighted by molar-refractivity contribution is -0.122. The van der Waals surface area contributed by atoms with Crippen LogP contribution in [0, 0.1) is 13.8 Å². The lowest BCUT2D eigenvalue weighted by Crippen LogP contribution is -2.46. The van der Waals surface area contributed by atoms with E-state index in [0.29, 0.717) is 5.56 Å². The largest absolute Gasteiger partial charge is 0.350 e. The van der Waals surface area contributed by atoms with Crippen LogP contribution < -0.4 is 5.32 Å². The van der Waals surface area contributed by atoms with Crippen molar-refractivity contribution in [1.82, 2.24) is 10.2 Å². The molecule has 20 heavy (non-hydrogen) atoms. The molecule has 1 aromatic carbocycles. The first-order chi connectivity index (χ1) is 9.10. The number of likely N-dealkylation sites (N-methyl/N-ethyl adjacent to an activating group) is 1. The van der Waals surface area contributed by atoms with Crippen molar-refractivity contribution in [2.45, 2.75) is 40.2 Å². The second-order valence-corrected chi connectivity index (χ2v) is 6.28. The maximum atomic E-state index is 12.4. The van der Waals surface area contributed by atoms with Crippen molar-refractivity contribution in [2.24, 2.45) is 0 Å². The molecule has 1 aromatic rings. The van der Waals surface area contributed by atoms with Gasteiger partial charge in [0.2, 0.25) is 5.91 Å². The van der Waals surface area contributed by atoms with E-state index >= 15 is 0 Å². The van der Waals surface area contributed by atoms with Crippen molar-refractivity contribution in [3.05, 3.63) is 34.9 Å². The van der Waals surface area contributed by atoms with Crippen LogP contribution in [0.25, 0.3) is 0 Å². The summed E-state index contributed by atoms with van der Waals surface area (Å²) in [6.07, 6.45) is 0. The van der Waals surface area contributed by atoms with E-state index in [4.69, 9.17) is 0 Å². The summed E-state index contributed by atoms with van der Waals surface area (Å²) in [4.78, 5) is 25.7. The van der Waals surface area contributed by atoms with E-state index in [1.165, 1.54) is 4.90 Å². The summed E-state index contributed by atoms with van der Waals surface area (Å²) in [6, 6.07) is 5.75. The summed E-state index contributed by atoms with van der Waals surface area (Å²) in [7, 11) is 1.65. The number of amides is 2. The molecular weight excluding hydrogens is 252 g/mol. The average molecular weight is 276 g/mol. The summed E-state index contributed by atoms with van der Waals surface area (Å²) < 4.78 is 0. The summed E-state index contributed by atoms with van der Waals surface area (Å²) in [5.41, 5.74) is 2.31. The Morgan fingerprint density at radius 3 is 2.35 bits per heavy atom. The quantitative estimate of drug-likeness (QED) is 0.921. The molecule has 2 amide bonds. The molecule has 0 bridgehead atoms. The van der Waals surface area contributed by atoms with Gasteiger partial charge in [0.15, 0.2) is 0 Å². The van der Waals surface area contributed by atoms with Crippen molar-refractivity contribution in [3.63, 3.8) is 0 Å². The minimum atomic E-state index is -0.291. The number of nitrogens with zero attached hydrogens (tertiary/aromatic N) is 1. The number of hydrogen-bond donors (Lipinski definition) is 1. The molecule has 4 heteroatoms. The van der Waals surface area contributed by atoms with Gasteiger partial charge in [-0.3, -0.25) is 9.59 Å². The highest BCUT2D eigenvalue weighted by atomic mass is 16.2. The number of benzene rings is 1. The van der Waals surface area contributed by atoms with Gasteiger partial charge in [0.05, 0.1) is 6.54 Å². The van der Waals surface area contributed by atoms with Crippen LogP contribution in [0.1, 0.15) is 42.3 Å². The van der Waals surface area contributed by atoms with Crippen molar-refractivity contribution < 1.29 is 9.59 Å². The first-order valence-electron chi connectivity index (χ1n) is 6.74. The molecule has 0 aromatic heterocycles. The third-order valence-corrected chi connectivity index (χ3v) is 2.87. The fourth-order valence-electron chi connectivity index (χ4n) is 1.92. The van der Waals surface area contributed by atoms with E-state index in [-0.39, 0.29) is 23.9 Å². The minimum Gasteiger partial charge on any atom is -0.350 e. The SMILES string of the molecule is Cc1ccc(C)c(C(=O)N(C)CC(=O)NC(C)(C)C)c1. The zero-order valence-corrected chi connectivity index (χ0v) is 13.2. The van der Waals surface area contributed by atoms with Gasteiger partial charge in [-0.15, -0.1) is 0 Å². The van der Waals surface area contributed by atoms with E-state index in [2.05, 4.69) is 5.32 Å². The molecule has 0 spiro atoms. The van der Waals surface area contributed by atoms with Crippen LogP contribution in [0.4, 0.5) is 0 Å². The Labute approximate surface area is 121 Å².